The maximum absolute atomic E-state index is 12.7. The minimum absolute atomic E-state index is 0.0544. The van der Waals surface area contributed by atoms with Crippen LogP contribution < -0.4 is 10.1 Å². The Balaban J connectivity index is 2.08. The second kappa shape index (κ2) is 7.35. The van der Waals surface area contributed by atoms with Gasteiger partial charge < -0.3 is 10.1 Å². The molecule has 0 unspecified atom stereocenters. The van der Waals surface area contributed by atoms with E-state index < -0.39 is 23.8 Å². The lowest BCUT2D eigenvalue weighted by molar-refractivity contribution is -0.137. The van der Waals surface area contributed by atoms with E-state index in [0.29, 0.717) is 10.8 Å². The highest BCUT2D eigenvalue weighted by atomic mass is 35.5. The van der Waals surface area contributed by atoms with Gasteiger partial charge in [-0.1, -0.05) is 17.7 Å². The number of ether oxygens (including phenoxy) is 1. The summed E-state index contributed by atoms with van der Waals surface area (Å²) in [5, 5.41) is 3.04. The van der Waals surface area contributed by atoms with E-state index in [9.17, 15) is 18.0 Å². The van der Waals surface area contributed by atoms with E-state index >= 15 is 0 Å². The Morgan fingerprint density at radius 3 is 2.32 bits per heavy atom. The molecule has 0 aromatic heterocycles. The summed E-state index contributed by atoms with van der Waals surface area (Å²) in [6.07, 6.45) is -5.36. The van der Waals surface area contributed by atoms with E-state index in [1.807, 2.05) is 13.8 Å². The summed E-state index contributed by atoms with van der Waals surface area (Å²) in [6.45, 7) is 5.15. The average Bonchev–Trinajstić information content (AvgIpc) is 2.52. The Kier molecular flexibility index (Phi) is 5.62. The van der Waals surface area contributed by atoms with E-state index in [0.717, 1.165) is 23.3 Å². The van der Waals surface area contributed by atoms with Gasteiger partial charge in [0.25, 0.3) is 5.91 Å². The zero-order valence-corrected chi connectivity index (χ0v) is 14.6. The van der Waals surface area contributed by atoms with E-state index in [4.69, 9.17) is 16.3 Å². The number of anilines is 1. The van der Waals surface area contributed by atoms with Gasteiger partial charge >= 0.3 is 6.18 Å². The minimum Gasteiger partial charge on any atom is -0.481 e. The highest BCUT2D eigenvalue weighted by molar-refractivity contribution is 6.32. The van der Waals surface area contributed by atoms with Gasteiger partial charge in [0, 0.05) is 10.7 Å². The largest absolute Gasteiger partial charge is 0.481 e. The van der Waals surface area contributed by atoms with Gasteiger partial charge in [0.15, 0.2) is 6.10 Å². The van der Waals surface area contributed by atoms with Gasteiger partial charge in [0.1, 0.15) is 5.75 Å². The first-order valence-electron chi connectivity index (χ1n) is 7.49. The Morgan fingerprint density at radius 2 is 1.76 bits per heavy atom. The fourth-order valence-corrected chi connectivity index (χ4v) is 2.36. The van der Waals surface area contributed by atoms with Crippen LogP contribution in [-0.2, 0) is 11.0 Å². The van der Waals surface area contributed by atoms with E-state index in [2.05, 4.69) is 5.32 Å². The molecule has 0 aliphatic carbocycles. The number of aryl methyl sites for hydroxylation is 2. The Labute approximate surface area is 148 Å². The van der Waals surface area contributed by atoms with Crippen molar-refractivity contribution in [1.82, 2.24) is 0 Å². The normalized spacial score (nSPS) is 12.6. The molecule has 1 atom stereocenters. The summed E-state index contributed by atoms with van der Waals surface area (Å²) in [6, 6.07) is 7.83. The number of hydrogen-bond donors (Lipinski definition) is 1. The third kappa shape index (κ3) is 4.89. The van der Waals surface area contributed by atoms with Crippen molar-refractivity contribution >= 4 is 23.2 Å². The number of carbonyl (C=O) groups excluding carboxylic acids is 1. The number of nitrogens with one attached hydrogen (secondary N) is 1. The third-order valence-corrected chi connectivity index (χ3v) is 4.15. The summed E-state index contributed by atoms with van der Waals surface area (Å²) < 4.78 is 43.7. The summed E-state index contributed by atoms with van der Waals surface area (Å²) in [5.41, 5.74) is 0.839. The number of amides is 1. The van der Waals surface area contributed by atoms with Gasteiger partial charge in [-0.05, 0) is 62.2 Å². The standard InChI is InChI=1S/C18H17ClF3NO2/c1-10-7-15(8-11(2)16(10)19)25-12(3)17(24)23-14-6-4-5-13(9-14)18(20,21)22/h4-9,12H,1-3H3,(H,23,24)/t12-/m0/s1. The molecule has 1 N–H and O–H groups in total. The van der Waals surface area contributed by atoms with Crippen molar-refractivity contribution < 1.29 is 22.7 Å². The number of carbonyl (C=O) groups is 1. The lowest BCUT2D eigenvalue weighted by Gasteiger charge is -2.17. The van der Waals surface area contributed by atoms with Gasteiger partial charge in [0.05, 0.1) is 5.56 Å². The maximum Gasteiger partial charge on any atom is 0.416 e. The van der Waals surface area contributed by atoms with Crippen molar-refractivity contribution in [3.05, 3.63) is 58.1 Å². The highest BCUT2D eigenvalue weighted by Crippen LogP contribution is 2.31. The molecule has 0 aliphatic rings. The van der Waals surface area contributed by atoms with Crippen LogP contribution in [0.4, 0.5) is 18.9 Å². The summed E-state index contributed by atoms with van der Waals surface area (Å²) in [4.78, 5) is 12.2. The number of alkyl halides is 3. The Bertz CT molecular complexity index is 767. The molecule has 3 nitrogen and oxygen atoms in total. The van der Waals surface area contributed by atoms with Gasteiger partial charge in [-0.3, -0.25) is 4.79 Å². The molecular formula is C18H17ClF3NO2. The predicted molar refractivity (Wildman–Crippen MR) is 91.1 cm³/mol. The van der Waals surface area contributed by atoms with Gasteiger partial charge in [-0.15, -0.1) is 0 Å². The number of halogens is 4. The highest BCUT2D eigenvalue weighted by Gasteiger charge is 2.30. The molecular weight excluding hydrogens is 355 g/mol. The smallest absolute Gasteiger partial charge is 0.416 e. The van der Waals surface area contributed by atoms with Crippen LogP contribution in [-0.4, -0.2) is 12.0 Å². The fraction of sp³-hybridized carbons (Fsp3) is 0.278. The third-order valence-electron chi connectivity index (χ3n) is 3.55. The van der Waals surface area contributed by atoms with Gasteiger partial charge in [0.2, 0.25) is 0 Å². The molecule has 1 amide bonds. The van der Waals surface area contributed by atoms with Crippen LogP contribution in [0.25, 0.3) is 0 Å². The van der Waals surface area contributed by atoms with Crippen LogP contribution >= 0.6 is 11.6 Å². The zero-order chi connectivity index (χ0) is 18.8. The molecule has 7 heteroatoms. The monoisotopic (exact) mass is 371 g/mol. The molecule has 0 radical (unpaired) electrons. The Morgan fingerprint density at radius 1 is 1.16 bits per heavy atom. The van der Waals surface area contributed by atoms with Crippen LogP contribution in [0, 0.1) is 13.8 Å². The lowest BCUT2D eigenvalue weighted by Crippen LogP contribution is -2.30. The van der Waals surface area contributed by atoms with Crippen LogP contribution in [0.2, 0.25) is 5.02 Å². The Hall–Kier alpha value is -2.21. The van der Waals surface area contributed by atoms with E-state index in [1.54, 1.807) is 12.1 Å². The van der Waals surface area contributed by atoms with Crippen LogP contribution in [0.5, 0.6) is 5.75 Å². The number of rotatable bonds is 4. The minimum atomic E-state index is -4.47. The predicted octanol–water partition coefficient (Wildman–Crippen LogP) is 5.38. The molecule has 2 rings (SSSR count). The molecule has 0 saturated heterocycles. The topological polar surface area (TPSA) is 38.3 Å². The van der Waals surface area contributed by atoms with Crippen molar-refractivity contribution in [2.75, 3.05) is 5.32 Å². The molecule has 25 heavy (non-hydrogen) atoms. The maximum atomic E-state index is 12.7. The molecule has 0 spiro atoms. The quantitative estimate of drug-likeness (QED) is 0.783. The molecule has 0 fully saturated rings. The fourth-order valence-electron chi connectivity index (χ4n) is 2.25. The van der Waals surface area contributed by atoms with Crippen LogP contribution in [0.15, 0.2) is 36.4 Å². The summed E-state index contributed by atoms with van der Waals surface area (Å²) >= 11 is 6.08. The molecule has 0 aliphatic heterocycles. The first-order valence-corrected chi connectivity index (χ1v) is 7.87. The molecule has 0 heterocycles. The van der Waals surface area contributed by atoms with E-state index in [-0.39, 0.29) is 5.69 Å². The average molecular weight is 372 g/mol. The van der Waals surface area contributed by atoms with Crippen molar-refractivity contribution in [3.8, 4) is 5.75 Å². The van der Waals surface area contributed by atoms with Crippen molar-refractivity contribution in [2.45, 2.75) is 33.1 Å². The van der Waals surface area contributed by atoms with Gasteiger partial charge in [-0.2, -0.15) is 13.2 Å². The first kappa shape index (κ1) is 19.1. The van der Waals surface area contributed by atoms with Crippen molar-refractivity contribution in [3.63, 3.8) is 0 Å². The van der Waals surface area contributed by atoms with Crippen LogP contribution in [0.3, 0.4) is 0 Å². The van der Waals surface area contributed by atoms with E-state index in [1.165, 1.54) is 19.1 Å². The van der Waals surface area contributed by atoms with Crippen LogP contribution in [0.1, 0.15) is 23.6 Å². The van der Waals surface area contributed by atoms with Gasteiger partial charge in [-0.25, -0.2) is 0 Å². The second-order valence-electron chi connectivity index (χ2n) is 5.70. The first-order chi connectivity index (χ1) is 11.6. The SMILES string of the molecule is Cc1cc(O[C@@H](C)C(=O)Nc2cccc(C(F)(F)F)c2)cc(C)c1Cl. The molecule has 0 bridgehead atoms. The number of hydrogen-bond acceptors (Lipinski definition) is 2. The van der Waals surface area contributed by atoms with Crippen molar-refractivity contribution in [2.24, 2.45) is 0 Å². The summed E-state index contributed by atoms with van der Waals surface area (Å²) in [5.74, 6) is -0.0873. The lowest BCUT2D eigenvalue weighted by atomic mass is 10.1. The molecule has 0 saturated carbocycles. The van der Waals surface area contributed by atoms with Crippen molar-refractivity contribution in [1.29, 1.82) is 0 Å². The molecule has 134 valence electrons. The molecule has 2 aromatic rings. The number of benzene rings is 2. The molecule has 2 aromatic carbocycles. The summed E-state index contributed by atoms with van der Waals surface area (Å²) in [7, 11) is 0. The zero-order valence-electron chi connectivity index (χ0n) is 13.9. The second-order valence-corrected chi connectivity index (χ2v) is 6.08.